The number of nitrogens with zero attached hydrogens (tertiary/aromatic N) is 4. The fraction of sp³-hybridized carbons (Fsp3) is 0.0645. The standard InChI is InChI=1S/C62H40N4O2/c1-33-29-63-30-34(2)56(33)62-47-24-20-36-37(51(47)28-53-45-16-10-14-43-39(22-26-49(59(43)45)61(53)62)41-12-6-8-18-55(41)68-4)19-23-46-50(36)27-52-44-15-9-13-42-38(40-11-5-7-17-54(40)67-3)21-25-48(58(42)44)60(52)57(46)35-31-64-66-65-32-35/h5-32H,1-4H3. The second-order valence-corrected chi connectivity index (χ2v) is 18.1. The fourth-order valence-corrected chi connectivity index (χ4v) is 12.1. The van der Waals surface area contributed by atoms with Gasteiger partial charge in [-0.25, -0.2) is 0 Å². The van der Waals surface area contributed by atoms with Crippen LogP contribution in [0, 0.1) is 13.8 Å². The SMILES string of the molecule is COc1ccccc1-c1ccc2c3c(cccc13)-c1cc3c(ccc4c5cc6c(c(-c7c(C)cncc7C)c5ccc34)-c3ccc(-c4ccccc4OC)c4cccc-6c34)c(-c3cnnnc3)c1-2. The molecule has 0 aliphatic heterocycles. The highest BCUT2D eigenvalue weighted by Crippen LogP contribution is 2.59. The smallest absolute Gasteiger partial charge is 0.126 e. The second kappa shape index (κ2) is 14.4. The summed E-state index contributed by atoms with van der Waals surface area (Å²) in [6.45, 7) is 4.39. The van der Waals surface area contributed by atoms with Crippen molar-refractivity contribution in [1.82, 2.24) is 20.4 Å². The first kappa shape index (κ1) is 38.5. The van der Waals surface area contributed by atoms with E-state index in [1.54, 1.807) is 14.2 Å². The zero-order valence-electron chi connectivity index (χ0n) is 37.8. The molecule has 2 heterocycles. The van der Waals surface area contributed by atoms with Crippen LogP contribution in [0.1, 0.15) is 11.1 Å². The Hall–Kier alpha value is -8.74. The van der Waals surface area contributed by atoms with Gasteiger partial charge in [0.05, 0.1) is 26.6 Å². The molecule has 0 saturated carbocycles. The summed E-state index contributed by atoms with van der Waals surface area (Å²) in [7, 11) is 3.49. The molecule has 68 heavy (non-hydrogen) atoms. The third kappa shape index (κ3) is 5.17. The average molecular weight is 873 g/mol. The van der Waals surface area contributed by atoms with Crippen LogP contribution in [0.5, 0.6) is 11.5 Å². The first-order valence-electron chi connectivity index (χ1n) is 23.0. The Morgan fingerprint density at radius 1 is 0.324 bits per heavy atom. The molecule has 2 aliphatic carbocycles. The Bertz CT molecular complexity index is 4180. The van der Waals surface area contributed by atoms with Crippen LogP contribution in [-0.4, -0.2) is 34.6 Å². The molecule has 0 atom stereocenters. The quantitative estimate of drug-likeness (QED) is 0.155. The molecule has 0 N–H and O–H groups in total. The van der Waals surface area contributed by atoms with Crippen molar-refractivity contribution < 1.29 is 9.47 Å². The lowest BCUT2D eigenvalue weighted by Gasteiger charge is -2.20. The lowest BCUT2D eigenvalue weighted by molar-refractivity contribution is 0.416. The van der Waals surface area contributed by atoms with E-state index in [0.717, 1.165) is 61.4 Å². The van der Waals surface area contributed by atoms with Crippen molar-refractivity contribution in [3.05, 3.63) is 182 Å². The molecule has 0 unspecified atom stereocenters. The number of fused-ring (bicyclic) bond motifs is 11. The molecular weight excluding hydrogens is 833 g/mol. The van der Waals surface area contributed by atoms with E-state index in [1.807, 2.05) is 49.1 Å². The number of benzene rings is 10. The van der Waals surface area contributed by atoms with Crippen molar-refractivity contribution in [2.75, 3.05) is 14.2 Å². The highest BCUT2D eigenvalue weighted by Gasteiger charge is 2.32. The summed E-state index contributed by atoms with van der Waals surface area (Å²) in [6.07, 6.45) is 7.71. The molecule has 0 radical (unpaired) electrons. The van der Waals surface area contributed by atoms with Gasteiger partial charge in [0.25, 0.3) is 0 Å². The van der Waals surface area contributed by atoms with Gasteiger partial charge in [-0.1, -0.05) is 121 Å². The normalized spacial score (nSPS) is 12.1. The Morgan fingerprint density at radius 2 is 0.779 bits per heavy atom. The zero-order valence-corrected chi connectivity index (χ0v) is 37.8. The molecule has 2 aromatic heterocycles. The number of rotatable bonds is 6. The number of pyridine rings is 1. The molecule has 0 fully saturated rings. The largest absolute Gasteiger partial charge is 0.496 e. The third-order valence-electron chi connectivity index (χ3n) is 14.8. The minimum Gasteiger partial charge on any atom is -0.496 e. The lowest BCUT2D eigenvalue weighted by Crippen LogP contribution is -1.96. The highest BCUT2D eigenvalue weighted by atomic mass is 16.5. The second-order valence-electron chi connectivity index (χ2n) is 18.1. The maximum Gasteiger partial charge on any atom is 0.126 e. The van der Waals surface area contributed by atoms with Gasteiger partial charge >= 0.3 is 0 Å². The topological polar surface area (TPSA) is 70.0 Å². The van der Waals surface area contributed by atoms with Gasteiger partial charge in [-0.15, -0.1) is 10.2 Å². The molecule has 12 aromatic rings. The van der Waals surface area contributed by atoms with Crippen molar-refractivity contribution >= 4 is 53.9 Å². The van der Waals surface area contributed by atoms with Crippen LogP contribution in [-0.2, 0) is 0 Å². The zero-order chi connectivity index (χ0) is 45.4. The number of para-hydroxylation sites is 2. The van der Waals surface area contributed by atoms with E-state index >= 15 is 0 Å². The van der Waals surface area contributed by atoms with Crippen LogP contribution in [0.15, 0.2) is 170 Å². The van der Waals surface area contributed by atoms with E-state index in [9.17, 15) is 0 Å². The Labute approximate surface area is 392 Å². The number of hydrogen-bond acceptors (Lipinski definition) is 6. The van der Waals surface area contributed by atoms with Crippen LogP contribution in [0.3, 0.4) is 0 Å². The maximum absolute atomic E-state index is 5.91. The summed E-state index contributed by atoms with van der Waals surface area (Å²) in [5.74, 6) is 1.71. The van der Waals surface area contributed by atoms with Gasteiger partial charge in [0, 0.05) is 34.6 Å². The van der Waals surface area contributed by atoms with Gasteiger partial charge in [-0.3, -0.25) is 4.98 Å². The molecule has 0 spiro atoms. The van der Waals surface area contributed by atoms with Crippen molar-refractivity contribution in [2.24, 2.45) is 0 Å². The van der Waals surface area contributed by atoms with Crippen molar-refractivity contribution in [3.8, 4) is 101 Å². The Balaban J connectivity index is 1.08. The number of methoxy groups -OCH3 is 2. The van der Waals surface area contributed by atoms with E-state index in [1.165, 1.54) is 104 Å². The van der Waals surface area contributed by atoms with Crippen molar-refractivity contribution in [1.29, 1.82) is 0 Å². The van der Waals surface area contributed by atoms with Crippen LogP contribution in [0.25, 0.3) is 143 Å². The molecule has 14 rings (SSSR count). The maximum atomic E-state index is 5.91. The lowest BCUT2D eigenvalue weighted by atomic mass is 9.83. The number of aromatic nitrogens is 4. The molecule has 6 nitrogen and oxygen atoms in total. The van der Waals surface area contributed by atoms with E-state index in [4.69, 9.17) is 9.47 Å². The summed E-state index contributed by atoms with van der Waals surface area (Å²) in [6, 6.07) is 53.5. The number of ether oxygens (including phenoxy) is 2. The van der Waals surface area contributed by atoms with E-state index < -0.39 is 0 Å². The Morgan fingerprint density at radius 3 is 1.31 bits per heavy atom. The molecule has 0 saturated heterocycles. The van der Waals surface area contributed by atoms with Crippen molar-refractivity contribution in [3.63, 3.8) is 0 Å². The fourth-order valence-electron chi connectivity index (χ4n) is 12.1. The minimum absolute atomic E-state index is 0.851. The van der Waals surface area contributed by atoms with Crippen LogP contribution in [0.4, 0.5) is 0 Å². The van der Waals surface area contributed by atoms with Gasteiger partial charge < -0.3 is 9.47 Å². The van der Waals surface area contributed by atoms with Gasteiger partial charge in [0.15, 0.2) is 0 Å². The Kier molecular flexibility index (Phi) is 8.15. The summed E-state index contributed by atoms with van der Waals surface area (Å²) >= 11 is 0. The molecule has 2 aliphatic rings. The van der Waals surface area contributed by atoms with Crippen LogP contribution >= 0.6 is 0 Å². The molecule has 0 amide bonds. The van der Waals surface area contributed by atoms with Crippen LogP contribution in [0.2, 0.25) is 0 Å². The van der Waals surface area contributed by atoms with Crippen LogP contribution < -0.4 is 9.47 Å². The predicted molar refractivity (Wildman–Crippen MR) is 278 cm³/mol. The molecular formula is C62H40N4O2. The number of aryl methyl sites for hydroxylation is 2. The predicted octanol–water partition coefficient (Wildman–Crippen LogP) is 15.6. The summed E-state index contributed by atoms with van der Waals surface area (Å²) < 4.78 is 11.8. The van der Waals surface area contributed by atoms with E-state index in [0.29, 0.717) is 0 Å². The molecule has 6 heteroatoms. The summed E-state index contributed by atoms with van der Waals surface area (Å²) in [5.41, 5.74) is 21.1. The average Bonchev–Trinajstić information content (AvgIpc) is 3.89. The molecule has 320 valence electrons. The van der Waals surface area contributed by atoms with Gasteiger partial charge in [-0.05, 0) is 175 Å². The summed E-state index contributed by atoms with van der Waals surface area (Å²) in [5, 5.41) is 24.7. The number of hydrogen-bond donors (Lipinski definition) is 0. The third-order valence-corrected chi connectivity index (χ3v) is 14.8. The van der Waals surface area contributed by atoms with Gasteiger partial charge in [0.1, 0.15) is 11.5 Å². The monoisotopic (exact) mass is 872 g/mol. The van der Waals surface area contributed by atoms with Gasteiger partial charge in [0.2, 0.25) is 0 Å². The summed E-state index contributed by atoms with van der Waals surface area (Å²) in [4.78, 5) is 4.66. The molecule has 0 bridgehead atoms. The highest BCUT2D eigenvalue weighted by molar-refractivity contribution is 6.31. The van der Waals surface area contributed by atoms with Gasteiger partial charge in [-0.2, -0.15) is 0 Å². The minimum atomic E-state index is 0.851. The van der Waals surface area contributed by atoms with E-state index in [2.05, 4.69) is 156 Å². The first-order chi connectivity index (χ1) is 33.5. The van der Waals surface area contributed by atoms with E-state index in [-0.39, 0.29) is 0 Å². The first-order valence-corrected chi connectivity index (χ1v) is 23.0. The van der Waals surface area contributed by atoms with Crippen molar-refractivity contribution in [2.45, 2.75) is 13.8 Å². The molecule has 10 aromatic carbocycles.